The van der Waals surface area contributed by atoms with Crippen LogP contribution in [-0.4, -0.2) is 30.4 Å². The maximum atomic E-state index is 12.2. The van der Waals surface area contributed by atoms with Gasteiger partial charge in [-0.25, -0.2) is 0 Å². The van der Waals surface area contributed by atoms with E-state index in [1.807, 2.05) is 25.1 Å². The Morgan fingerprint density at radius 3 is 2.90 bits per heavy atom. The van der Waals surface area contributed by atoms with E-state index in [1.165, 1.54) is 5.56 Å². The minimum Gasteiger partial charge on any atom is -0.373 e. The largest absolute Gasteiger partial charge is 0.373 e. The van der Waals surface area contributed by atoms with Gasteiger partial charge in [0.15, 0.2) is 0 Å². The van der Waals surface area contributed by atoms with Crippen LogP contribution in [0.25, 0.3) is 0 Å². The van der Waals surface area contributed by atoms with Crippen LogP contribution in [0.4, 0.5) is 5.69 Å². The van der Waals surface area contributed by atoms with E-state index >= 15 is 0 Å². The molecular weight excluding hydrogens is 266 g/mol. The first-order chi connectivity index (χ1) is 10.1. The number of nitrogens with one attached hydrogen (secondary N) is 3. The van der Waals surface area contributed by atoms with Crippen molar-refractivity contribution in [2.75, 3.05) is 11.9 Å². The minimum absolute atomic E-state index is 0.122. The lowest BCUT2D eigenvalue weighted by molar-refractivity contribution is -0.129. The molecule has 114 valence electrons. The molecule has 0 saturated carbocycles. The number of rotatable bonds is 5. The molecule has 1 aliphatic rings. The highest BCUT2D eigenvalue weighted by molar-refractivity contribution is 5.91. The molecule has 1 aromatic carbocycles. The van der Waals surface area contributed by atoms with Gasteiger partial charge < -0.3 is 16.0 Å². The van der Waals surface area contributed by atoms with Crippen molar-refractivity contribution in [3.8, 4) is 0 Å². The van der Waals surface area contributed by atoms with Crippen molar-refractivity contribution in [1.82, 2.24) is 10.6 Å². The molecule has 0 bridgehead atoms. The van der Waals surface area contributed by atoms with E-state index in [-0.39, 0.29) is 17.9 Å². The summed E-state index contributed by atoms with van der Waals surface area (Å²) in [6, 6.07) is 7.21. The summed E-state index contributed by atoms with van der Waals surface area (Å²) in [4.78, 5) is 24.0. The number of para-hydroxylation sites is 1. The summed E-state index contributed by atoms with van der Waals surface area (Å²) in [6.45, 7) is 4.33. The van der Waals surface area contributed by atoms with Gasteiger partial charge in [0.1, 0.15) is 12.1 Å². The highest BCUT2D eigenvalue weighted by atomic mass is 16.2. The van der Waals surface area contributed by atoms with Gasteiger partial charge in [-0.05, 0) is 37.8 Å². The number of aryl methyl sites for hydroxylation is 1. The van der Waals surface area contributed by atoms with Crippen LogP contribution in [-0.2, 0) is 16.0 Å². The maximum absolute atomic E-state index is 12.2. The predicted octanol–water partition coefficient (Wildman–Crippen LogP) is 1.44. The van der Waals surface area contributed by atoms with Crippen LogP contribution in [0.5, 0.6) is 0 Å². The molecule has 2 unspecified atom stereocenters. The summed E-state index contributed by atoms with van der Waals surface area (Å²) in [5.41, 5.74) is 2.24. The van der Waals surface area contributed by atoms with Crippen molar-refractivity contribution in [3.63, 3.8) is 0 Å². The molecule has 3 N–H and O–H groups in total. The Bertz CT molecular complexity index is 516. The summed E-state index contributed by atoms with van der Waals surface area (Å²) in [6.07, 6.45) is 2.50. The first kappa shape index (κ1) is 15.4. The van der Waals surface area contributed by atoms with Gasteiger partial charge in [0.2, 0.25) is 11.8 Å². The first-order valence-corrected chi connectivity index (χ1v) is 7.54. The molecule has 1 aromatic rings. The van der Waals surface area contributed by atoms with Crippen molar-refractivity contribution in [2.24, 2.45) is 0 Å². The van der Waals surface area contributed by atoms with E-state index in [0.29, 0.717) is 6.54 Å². The smallest absolute Gasteiger partial charge is 0.243 e. The van der Waals surface area contributed by atoms with E-state index < -0.39 is 6.04 Å². The fourth-order valence-corrected chi connectivity index (χ4v) is 2.42. The first-order valence-electron chi connectivity index (χ1n) is 7.54. The van der Waals surface area contributed by atoms with Crippen LogP contribution >= 0.6 is 0 Å². The standard InChI is InChI=1S/C16H23N3O2/c1-3-10-17-15(20)11(2)18-16(21)14-9-8-12-6-4-5-7-13(12)19-14/h4-7,11,14,19H,3,8-10H2,1-2H3,(H,17,20)(H,18,21). The van der Waals surface area contributed by atoms with Gasteiger partial charge in [0.05, 0.1) is 0 Å². The third kappa shape index (κ3) is 3.97. The molecule has 0 radical (unpaired) electrons. The highest BCUT2D eigenvalue weighted by Gasteiger charge is 2.25. The second-order valence-corrected chi connectivity index (χ2v) is 5.41. The Morgan fingerprint density at radius 2 is 2.14 bits per heavy atom. The van der Waals surface area contributed by atoms with Crippen LogP contribution < -0.4 is 16.0 Å². The molecule has 5 nitrogen and oxygen atoms in total. The van der Waals surface area contributed by atoms with Crippen molar-refractivity contribution in [2.45, 2.75) is 45.2 Å². The predicted molar refractivity (Wildman–Crippen MR) is 83.1 cm³/mol. The lowest BCUT2D eigenvalue weighted by atomic mass is 9.97. The van der Waals surface area contributed by atoms with E-state index in [9.17, 15) is 9.59 Å². The van der Waals surface area contributed by atoms with Crippen molar-refractivity contribution < 1.29 is 9.59 Å². The molecule has 5 heteroatoms. The molecule has 0 fully saturated rings. The van der Waals surface area contributed by atoms with Crippen molar-refractivity contribution in [3.05, 3.63) is 29.8 Å². The molecule has 21 heavy (non-hydrogen) atoms. The second kappa shape index (κ2) is 7.11. The second-order valence-electron chi connectivity index (χ2n) is 5.41. The number of fused-ring (bicyclic) bond motifs is 1. The molecule has 2 rings (SSSR count). The Balaban J connectivity index is 1.88. The number of anilines is 1. The Hall–Kier alpha value is -2.04. The Labute approximate surface area is 125 Å². The molecule has 0 aliphatic carbocycles. The maximum Gasteiger partial charge on any atom is 0.243 e. The quantitative estimate of drug-likeness (QED) is 0.768. The number of amides is 2. The van der Waals surface area contributed by atoms with E-state index in [0.717, 1.165) is 24.9 Å². The zero-order valence-electron chi connectivity index (χ0n) is 12.6. The van der Waals surface area contributed by atoms with Gasteiger partial charge in [-0.3, -0.25) is 9.59 Å². The Morgan fingerprint density at radius 1 is 1.38 bits per heavy atom. The highest BCUT2D eigenvalue weighted by Crippen LogP contribution is 2.24. The molecule has 0 spiro atoms. The monoisotopic (exact) mass is 289 g/mol. The number of benzene rings is 1. The van der Waals surface area contributed by atoms with E-state index in [2.05, 4.69) is 22.0 Å². The molecule has 1 aliphatic heterocycles. The molecule has 1 heterocycles. The summed E-state index contributed by atoms with van der Waals surface area (Å²) >= 11 is 0. The summed E-state index contributed by atoms with van der Waals surface area (Å²) in [5.74, 6) is -0.259. The van der Waals surface area contributed by atoms with Crippen LogP contribution in [0, 0.1) is 0 Å². The van der Waals surface area contributed by atoms with Crippen LogP contribution in [0.1, 0.15) is 32.3 Å². The van der Waals surface area contributed by atoms with Gasteiger partial charge in [0, 0.05) is 12.2 Å². The third-order valence-corrected chi connectivity index (χ3v) is 3.67. The average Bonchev–Trinajstić information content (AvgIpc) is 2.51. The summed E-state index contributed by atoms with van der Waals surface area (Å²) in [7, 11) is 0. The van der Waals surface area contributed by atoms with Gasteiger partial charge in [0.25, 0.3) is 0 Å². The molecular formula is C16H23N3O2. The third-order valence-electron chi connectivity index (χ3n) is 3.67. The summed E-state index contributed by atoms with van der Waals surface area (Å²) < 4.78 is 0. The molecule has 0 saturated heterocycles. The van der Waals surface area contributed by atoms with Crippen LogP contribution in [0.3, 0.4) is 0 Å². The average molecular weight is 289 g/mol. The SMILES string of the molecule is CCCNC(=O)C(C)NC(=O)C1CCc2ccccc2N1. The zero-order valence-corrected chi connectivity index (χ0v) is 12.6. The number of hydrogen-bond acceptors (Lipinski definition) is 3. The lowest BCUT2D eigenvalue weighted by Gasteiger charge is -2.27. The van der Waals surface area contributed by atoms with E-state index in [1.54, 1.807) is 6.92 Å². The lowest BCUT2D eigenvalue weighted by Crippen LogP contribution is -2.50. The normalized spacial score (nSPS) is 18.1. The van der Waals surface area contributed by atoms with Gasteiger partial charge in [-0.15, -0.1) is 0 Å². The fraction of sp³-hybridized carbons (Fsp3) is 0.500. The van der Waals surface area contributed by atoms with Gasteiger partial charge in [-0.1, -0.05) is 25.1 Å². The van der Waals surface area contributed by atoms with Crippen molar-refractivity contribution >= 4 is 17.5 Å². The molecule has 2 atom stereocenters. The van der Waals surface area contributed by atoms with Gasteiger partial charge in [-0.2, -0.15) is 0 Å². The van der Waals surface area contributed by atoms with Gasteiger partial charge >= 0.3 is 0 Å². The van der Waals surface area contributed by atoms with Crippen molar-refractivity contribution in [1.29, 1.82) is 0 Å². The Kier molecular flexibility index (Phi) is 5.20. The number of carbonyl (C=O) groups excluding carboxylic acids is 2. The summed E-state index contributed by atoms with van der Waals surface area (Å²) in [5, 5.41) is 8.80. The van der Waals surface area contributed by atoms with E-state index in [4.69, 9.17) is 0 Å². The number of hydrogen-bond donors (Lipinski definition) is 3. The van der Waals surface area contributed by atoms with Crippen LogP contribution in [0.2, 0.25) is 0 Å². The fourth-order valence-electron chi connectivity index (χ4n) is 2.42. The topological polar surface area (TPSA) is 70.2 Å². The molecule has 0 aromatic heterocycles. The molecule has 2 amide bonds. The van der Waals surface area contributed by atoms with Crippen LogP contribution in [0.15, 0.2) is 24.3 Å². The number of carbonyl (C=O) groups is 2. The zero-order chi connectivity index (χ0) is 15.2. The minimum atomic E-state index is -0.511.